The van der Waals surface area contributed by atoms with E-state index in [1.54, 1.807) is 22.1 Å². The summed E-state index contributed by atoms with van der Waals surface area (Å²) in [5.74, 6) is 0.611. The molecular formula is C18H19N3O2S. The molecule has 0 saturated carbocycles. The fourth-order valence-corrected chi connectivity index (χ4v) is 2.96. The molecule has 6 heteroatoms. The molecule has 3 aromatic rings. The molecule has 0 aliphatic rings. The Balaban J connectivity index is 1.57. The Morgan fingerprint density at radius 2 is 2.00 bits per heavy atom. The van der Waals surface area contributed by atoms with Gasteiger partial charge in [-0.1, -0.05) is 12.1 Å². The molecule has 1 aromatic carbocycles. The number of nitrogens with zero attached hydrogens (tertiary/aromatic N) is 2. The molecule has 124 valence electrons. The predicted octanol–water partition coefficient (Wildman–Crippen LogP) is 3.82. The average molecular weight is 341 g/mol. The number of thiophene rings is 1. The van der Waals surface area contributed by atoms with Crippen molar-refractivity contribution in [2.24, 2.45) is 7.05 Å². The lowest BCUT2D eigenvalue weighted by atomic mass is 10.2. The van der Waals surface area contributed by atoms with Gasteiger partial charge in [0, 0.05) is 19.3 Å². The van der Waals surface area contributed by atoms with Crippen molar-refractivity contribution in [1.82, 2.24) is 15.1 Å². The lowest BCUT2D eigenvalue weighted by Crippen LogP contribution is -2.23. The first-order valence-corrected chi connectivity index (χ1v) is 8.50. The van der Waals surface area contributed by atoms with Crippen LogP contribution >= 0.6 is 11.3 Å². The van der Waals surface area contributed by atoms with Crippen molar-refractivity contribution in [3.05, 3.63) is 64.3 Å². The number of aryl methyl sites for hydroxylation is 3. The fourth-order valence-electron chi connectivity index (χ4n) is 2.19. The number of ether oxygens (including phenoxy) is 1. The smallest absolute Gasteiger partial charge is 0.272 e. The van der Waals surface area contributed by atoms with Crippen molar-refractivity contribution in [2.75, 3.05) is 0 Å². The van der Waals surface area contributed by atoms with Crippen molar-refractivity contribution >= 4 is 17.2 Å². The van der Waals surface area contributed by atoms with E-state index in [9.17, 15) is 4.79 Å². The summed E-state index contributed by atoms with van der Waals surface area (Å²) in [4.78, 5) is 12.1. The monoisotopic (exact) mass is 341 g/mol. The zero-order valence-electron chi connectivity index (χ0n) is 13.9. The minimum Gasteiger partial charge on any atom is -0.447 e. The van der Waals surface area contributed by atoms with Gasteiger partial charge in [-0.2, -0.15) is 5.10 Å². The molecule has 0 radical (unpaired) electrons. The van der Waals surface area contributed by atoms with E-state index in [1.807, 2.05) is 51.2 Å². The Morgan fingerprint density at radius 1 is 1.25 bits per heavy atom. The molecule has 24 heavy (non-hydrogen) atoms. The highest BCUT2D eigenvalue weighted by atomic mass is 32.1. The van der Waals surface area contributed by atoms with Crippen molar-refractivity contribution < 1.29 is 9.53 Å². The maximum Gasteiger partial charge on any atom is 0.272 e. The van der Waals surface area contributed by atoms with Crippen molar-refractivity contribution in [3.8, 4) is 10.8 Å². The third-order valence-corrected chi connectivity index (χ3v) is 4.57. The summed E-state index contributed by atoms with van der Waals surface area (Å²) in [5.41, 5.74) is 3.58. The molecule has 0 atom stereocenters. The zero-order chi connectivity index (χ0) is 17.1. The molecule has 2 aromatic heterocycles. The summed E-state index contributed by atoms with van der Waals surface area (Å²) in [6, 6.07) is 11.5. The van der Waals surface area contributed by atoms with E-state index < -0.39 is 0 Å². The minimum absolute atomic E-state index is 0.173. The van der Waals surface area contributed by atoms with Crippen molar-refractivity contribution in [2.45, 2.75) is 20.4 Å². The average Bonchev–Trinajstić information content (AvgIpc) is 3.12. The van der Waals surface area contributed by atoms with Gasteiger partial charge in [-0.3, -0.25) is 9.48 Å². The molecule has 0 aliphatic heterocycles. The standard InChI is InChI=1S/C18H19N3O2S/c1-12-8-17(24-11-12)23-15-6-4-14(5-7-15)10-19-18(22)16-9-13(2)21(3)20-16/h4-9,11H,10H2,1-3H3,(H,19,22). The number of benzene rings is 1. The minimum atomic E-state index is -0.173. The van der Waals surface area contributed by atoms with Crippen LogP contribution in [0.25, 0.3) is 0 Å². The van der Waals surface area contributed by atoms with Gasteiger partial charge in [0.1, 0.15) is 11.4 Å². The van der Waals surface area contributed by atoms with Crippen LogP contribution in [0.5, 0.6) is 10.8 Å². The Kier molecular flexibility index (Phi) is 4.66. The molecular weight excluding hydrogens is 322 g/mol. The van der Waals surface area contributed by atoms with E-state index in [1.165, 1.54) is 5.56 Å². The number of nitrogens with one attached hydrogen (secondary N) is 1. The third-order valence-electron chi connectivity index (χ3n) is 3.65. The second kappa shape index (κ2) is 6.88. The van der Waals surface area contributed by atoms with Gasteiger partial charge in [0.25, 0.3) is 5.91 Å². The summed E-state index contributed by atoms with van der Waals surface area (Å²) in [6.45, 7) is 4.41. The second-order valence-electron chi connectivity index (χ2n) is 5.67. The highest BCUT2D eigenvalue weighted by Gasteiger charge is 2.10. The van der Waals surface area contributed by atoms with E-state index in [4.69, 9.17) is 4.74 Å². The Bertz CT molecular complexity index is 830. The first-order valence-electron chi connectivity index (χ1n) is 7.62. The topological polar surface area (TPSA) is 56.1 Å². The molecule has 0 fully saturated rings. The van der Waals surface area contributed by atoms with Crippen LogP contribution in [-0.2, 0) is 13.6 Å². The maximum atomic E-state index is 12.1. The molecule has 0 aliphatic carbocycles. The summed E-state index contributed by atoms with van der Waals surface area (Å²) < 4.78 is 7.47. The predicted molar refractivity (Wildman–Crippen MR) is 94.7 cm³/mol. The number of amides is 1. The highest BCUT2D eigenvalue weighted by Crippen LogP contribution is 2.28. The molecule has 0 saturated heterocycles. The first-order chi connectivity index (χ1) is 11.5. The molecule has 2 heterocycles. The van der Waals surface area contributed by atoms with Crippen LogP contribution in [0, 0.1) is 13.8 Å². The van der Waals surface area contributed by atoms with Gasteiger partial charge in [0.05, 0.1) is 0 Å². The summed E-state index contributed by atoms with van der Waals surface area (Å²) >= 11 is 1.58. The van der Waals surface area contributed by atoms with Crippen molar-refractivity contribution in [3.63, 3.8) is 0 Å². The number of carbonyl (C=O) groups excluding carboxylic acids is 1. The highest BCUT2D eigenvalue weighted by molar-refractivity contribution is 7.12. The van der Waals surface area contributed by atoms with Crippen LogP contribution in [0.1, 0.15) is 27.3 Å². The number of hydrogen-bond acceptors (Lipinski definition) is 4. The number of rotatable bonds is 5. The van der Waals surface area contributed by atoms with Crippen LogP contribution in [0.3, 0.4) is 0 Å². The van der Waals surface area contributed by atoms with Gasteiger partial charge < -0.3 is 10.1 Å². The van der Waals surface area contributed by atoms with E-state index >= 15 is 0 Å². The van der Waals surface area contributed by atoms with E-state index in [-0.39, 0.29) is 5.91 Å². The molecule has 1 N–H and O–H groups in total. The van der Waals surface area contributed by atoms with Gasteiger partial charge >= 0.3 is 0 Å². The van der Waals surface area contributed by atoms with E-state index in [2.05, 4.69) is 15.8 Å². The zero-order valence-corrected chi connectivity index (χ0v) is 14.7. The molecule has 1 amide bonds. The van der Waals surface area contributed by atoms with Gasteiger partial charge in [0.15, 0.2) is 5.06 Å². The molecule has 0 bridgehead atoms. The normalized spacial score (nSPS) is 10.6. The Morgan fingerprint density at radius 3 is 2.58 bits per heavy atom. The first kappa shape index (κ1) is 16.3. The summed E-state index contributed by atoms with van der Waals surface area (Å²) in [6.07, 6.45) is 0. The maximum absolute atomic E-state index is 12.1. The number of aromatic nitrogens is 2. The SMILES string of the molecule is Cc1csc(Oc2ccc(CNC(=O)c3cc(C)n(C)n3)cc2)c1. The van der Waals surface area contributed by atoms with Crippen LogP contribution in [0.2, 0.25) is 0 Å². The third kappa shape index (κ3) is 3.83. The fraction of sp³-hybridized carbons (Fsp3) is 0.222. The van der Waals surface area contributed by atoms with Gasteiger partial charge in [-0.05, 0) is 54.6 Å². The van der Waals surface area contributed by atoms with E-state index in [0.29, 0.717) is 12.2 Å². The van der Waals surface area contributed by atoms with Crippen molar-refractivity contribution in [1.29, 1.82) is 0 Å². The summed E-state index contributed by atoms with van der Waals surface area (Å²) in [5, 5.41) is 9.97. The van der Waals surface area contributed by atoms with Crippen LogP contribution < -0.4 is 10.1 Å². The van der Waals surface area contributed by atoms with Gasteiger partial charge in [0.2, 0.25) is 0 Å². The summed E-state index contributed by atoms with van der Waals surface area (Å²) in [7, 11) is 1.82. The van der Waals surface area contributed by atoms with Crippen LogP contribution in [0.4, 0.5) is 0 Å². The second-order valence-corrected chi connectivity index (χ2v) is 6.54. The number of hydrogen-bond donors (Lipinski definition) is 1. The van der Waals surface area contributed by atoms with Crippen LogP contribution in [0.15, 0.2) is 41.8 Å². The number of carbonyl (C=O) groups is 1. The van der Waals surface area contributed by atoms with Gasteiger partial charge in [-0.15, -0.1) is 11.3 Å². The molecule has 0 spiro atoms. The van der Waals surface area contributed by atoms with Crippen LogP contribution in [-0.4, -0.2) is 15.7 Å². The van der Waals surface area contributed by atoms with Gasteiger partial charge in [-0.25, -0.2) is 0 Å². The lowest BCUT2D eigenvalue weighted by molar-refractivity contribution is 0.0945. The molecule has 0 unspecified atom stereocenters. The molecule has 3 rings (SSSR count). The largest absolute Gasteiger partial charge is 0.447 e. The molecule has 5 nitrogen and oxygen atoms in total. The Hall–Kier alpha value is -2.60. The van der Waals surface area contributed by atoms with E-state index in [0.717, 1.165) is 22.1 Å². The Labute approximate surface area is 144 Å². The lowest BCUT2D eigenvalue weighted by Gasteiger charge is -2.06. The quantitative estimate of drug-likeness (QED) is 0.767.